The lowest BCUT2D eigenvalue weighted by atomic mass is 10.2. The average Bonchev–Trinajstić information content (AvgIpc) is 2.97. The van der Waals surface area contributed by atoms with Gasteiger partial charge in [0.1, 0.15) is 18.4 Å². The minimum absolute atomic E-state index is 0.00186. The molecule has 0 unspecified atom stereocenters. The Labute approximate surface area is 228 Å². The zero-order valence-corrected chi connectivity index (χ0v) is 22.6. The van der Waals surface area contributed by atoms with Crippen LogP contribution >= 0.6 is 0 Å². The lowest BCUT2D eigenvalue weighted by molar-refractivity contribution is -0.125. The Balaban J connectivity index is 1.59. The number of nitrogens with zero attached hydrogens (tertiary/aromatic N) is 3. The van der Waals surface area contributed by atoms with Crippen molar-refractivity contribution in [3.63, 3.8) is 0 Å². The number of hydrogen-bond donors (Lipinski definition) is 1. The van der Waals surface area contributed by atoms with Gasteiger partial charge < -0.3 is 4.74 Å². The van der Waals surface area contributed by atoms with Crippen LogP contribution in [-0.4, -0.2) is 69.9 Å². The number of amides is 1. The number of sulfonamides is 2. The molecule has 10 nitrogen and oxygen atoms in total. The molecule has 1 aliphatic rings. The molecule has 3 aromatic carbocycles. The number of carbonyl (C=O) groups is 1. The van der Waals surface area contributed by atoms with Crippen molar-refractivity contribution in [3.8, 4) is 5.75 Å². The van der Waals surface area contributed by atoms with Crippen LogP contribution in [0.3, 0.4) is 0 Å². The van der Waals surface area contributed by atoms with Gasteiger partial charge in [0.05, 0.1) is 16.0 Å². The third-order valence-electron chi connectivity index (χ3n) is 5.94. The zero-order valence-electron chi connectivity index (χ0n) is 21.0. The summed E-state index contributed by atoms with van der Waals surface area (Å²) < 4.78 is 61.1. The molecule has 12 heteroatoms. The van der Waals surface area contributed by atoms with Crippen molar-refractivity contribution in [2.24, 2.45) is 5.10 Å². The molecular formula is C27H28N4O6S2. The monoisotopic (exact) mass is 568 g/mol. The van der Waals surface area contributed by atoms with Gasteiger partial charge in [-0.25, -0.2) is 22.3 Å². The first-order chi connectivity index (χ1) is 18.7. The Morgan fingerprint density at radius 1 is 0.923 bits per heavy atom. The quantitative estimate of drug-likeness (QED) is 0.228. The number of nitrogens with one attached hydrogen (secondary N) is 1. The van der Waals surface area contributed by atoms with E-state index >= 15 is 0 Å². The molecule has 0 saturated carbocycles. The number of ether oxygens (including phenoxy) is 1. The lowest BCUT2D eigenvalue weighted by Crippen LogP contribution is -2.60. The van der Waals surface area contributed by atoms with E-state index in [-0.39, 0.29) is 29.4 Å². The van der Waals surface area contributed by atoms with E-state index in [2.05, 4.69) is 17.1 Å². The first kappa shape index (κ1) is 28.2. The van der Waals surface area contributed by atoms with Crippen molar-refractivity contribution in [2.75, 3.05) is 26.2 Å². The Morgan fingerprint density at radius 3 is 2.21 bits per heavy atom. The van der Waals surface area contributed by atoms with Crippen LogP contribution in [0.1, 0.15) is 5.56 Å². The second-order valence-corrected chi connectivity index (χ2v) is 12.4. The molecule has 0 aliphatic carbocycles. The number of hydrazone groups is 1. The molecule has 0 aromatic heterocycles. The topological polar surface area (TPSA) is 125 Å². The average molecular weight is 569 g/mol. The van der Waals surface area contributed by atoms with E-state index in [1.165, 1.54) is 30.5 Å². The zero-order chi connectivity index (χ0) is 27.9. The SMILES string of the molecule is C=CCOc1cccc(/C=N\NC(=O)[C@@H]2CN(S(=O)(=O)c3ccccc3)CCN2S(=O)(=O)c2ccccc2)c1. The van der Waals surface area contributed by atoms with Gasteiger partial charge >= 0.3 is 0 Å². The maximum atomic E-state index is 13.5. The van der Waals surface area contributed by atoms with Gasteiger partial charge in [-0.15, -0.1) is 0 Å². The highest BCUT2D eigenvalue weighted by molar-refractivity contribution is 7.89. The van der Waals surface area contributed by atoms with Gasteiger partial charge in [0, 0.05) is 19.6 Å². The Hall–Kier alpha value is -3.84. The van der Waals surface area contributed by atoms with Gasteiger partial charge in [-0.3, -0.25) is 4.79 Å². The van der Waals surface area contributed by atoms with Gasteiger partial charge in [-0.05, 0) is 42.0 Å². The van der Waals surface area contributed by atoms with Crippen LogP contribution in [0.25, 0.3) is 0 Å². The van der Waals surface area contributed by atoms with Crippen LogP contribution in [-0.2, 0) is 24.8 Å². The van der Waals surface area contributed by atoms with Crippen LogP contribution in [0.5, 0.6) is 5.75 Å². The van der Waals surface area contributed by atoms with Crippen molar-refractivity contribution in [1.29, 1.82) is 0 Å². The third-order valence-corrected chi connectivity index (χ3v) is 9.74. The Bertz CT molecular complexity index is 1550. The molecule has 1 amide bonds. The molecular weight excluding hydrogens is 540 g/mol. The van der Waals surface area contributed by atoms with Crippen LogP contribution in [0.15, 0.2) is 112 Å². The largest absolute Gasteiger partial charge is 0.490 e. The molecule has 1 fully saturated rings. The second-order valence-electron chi connectivity index (χ2n) is 8.53. The van der Waals surface area contributed by atoms with Crippen molar-refractivity contribution in [3.05, 3.63) is 103 Å². The van der Waals surface area contributed by atoms with E-state index in [1.54, 1.807) is 66.7 Å². The van der Waals surface area contributed by atoms with Crippen LogP contribution < -0.4 is 10.2 Å². The number of rotatable bonds is 10. The summed E-state index contributed by atoms with van der Waals surface area (Å²) in [6.45, 7) is 3.22. The summed E-state index contributed by atoms with van der Waals surface area (Å²) in [6, 6.07) is 21.1. The fourth-order valence-electron chi connectivity index (χ4n) is 4.01. The molecule has 1 heterocycles. The van der Waals surface area contributed by atoms with E-state index in [1.807, 2.05) is 0 Å². The highest BCUT2D eigenvalue weighted by Gasteiger charge is 2.43. The Morgan fingerprint density at radius 2 is 1.56 bits per heavy atom. The van der Waals surface area contributed by atoms with E-state index in [9.17, 15) is 21.6 Å². The van der Waals surface area contributed by atoms with Crippen molar-refractivity contribution < 1.29 is 26.4 Å². The molecule has 0 radical (unpaired) electrons. The molecule has 39 heavy (non-hydrogen) atoms. The fourth-order valence-corrected chi connectivity index (χ4v) is 7.06. The van der Waals surface area contributed by atoms with E-state index < -0.39 is 32.0 Å². The standard InChI is InChI=1S/C27H28N4O6S2/c1-2-18-37-23-11-9-10-22(19-23)20-28-29-27(32)26-21-30(38(33,34)24-12-5-3-6-13-24)16-17-31(26)39(35,36)25-14-7-4-8-15-25/h2-15,19-20,26H,1,16-18,21H2,(H,29,32)/b28-20-/t26-/m0/s1. The highest BCUT2D eigenvalue weighted by atomic mass is 32.2. The molecule has 1 aliphatic heterocycles. The minimum Gasteiger partial charge on any atom is -0.490 e. The molecule has 0 bridgehead atoms. The summed E-state index contributed by atoms with van der Waals surface area (Å²) in [7, 11) is -8.07. The predicted molar refractivity (Wildman–Crippen MR) is 147 cm³/mol. The molecule has 0 spiro atoms. The van der Waals surface area contributed by atoms with Gasteiger partial charge in [-0.1, -0.05) is 61.2 Å². The van der Waals surface area contributed by atoms with Crippen molar-refractivity contribution in [1.82, 2.24) is 14.0 Å². The summed E-state index contributed by atoms with van der Waals surface area (Å²) in [5, 5.41) is 3.98. The van der Waals surface area contributed by atoms with Crippen LogP contribution in [0, 0.1) is 0 Å². The summed E-state index contributed by atoms with van der Waals surface area (Å²) in [4.78, 5) is 13.4. The smallest absolute Gasteiger partial charge is 0.259 e. The highest BCUT2D eigenvalue weighted by Crippen LogP contribution is 2.25. The molecule has 1 saturated heterocycles. The number of carbonyl (C=O) groups excluding carboxylic acids is 1. The van der Waals surface area contributed by atoms with Crippen molar-refractivity contribution in [2.45, 2.75) is 15.8 Å². The number of piperazine rings is 1. The maximum Gasteiger partial charge on any atom is 0.259 e. The molecule has 1 atom stereocenters. The summed E-state index contributed by atoms with van der Waals surface area (Å²) in [5.41, 5.74) is 3.00. The molecule has 204 valence electrons. The second kappa shape index (κ2) is 12.3. The Kier molecular flexibility index (Phi) is 8.92. The van der Waals surface area contributed by atoms with Crippen LogP contribution in [0.2, 0.25) is 0 Å². The molecule has 4 rings (SSSR count). The van der Waals surface area contributed by atoms with E-state index in [0.29, 0.717) is 17.9 Å². The van der Waals surface area contributed by atoms with Gasteiger partial charge in [0.25, 0.3) is 5.91 Å². The van der Waals surface area contributed by atoms with Gasteiger partial charge in [-0.2, -0.15) is 13.7 Å². The predicted octanol–water partition coefficient (Wildman–Crippen LogP) is 2.47. The first-order valence-electron chi connectivity index (χ1n) is 12.0. The van der Waals surface area contributed by atoms with E-state index in [0.717, 1.165) is 8.61 Å². The molecule has 1 N–H and O–H groups in total. The lowest BCUT2D eigenvalue weighted by Gasteiger charge is -2.38. The number of hydrogen-bond acceptors (Lipinski definition) is 7. The van der Waals surface area contributed by atoms with E-state index in [4.69, 9.17) is 4.74 Å². The normalized spacial score (nSPS) is 17.1. The van der Waals surface area contributed by atoms with Gasteiger partial charge in [0.15, 0.2) is 0 Å². The molecule has 3 aromatic rings. The van der Waals surface area contributed by atoms with Crippen molar-refractivity contribution >= 4 is 32.2 Å². The first-order valence-corrected chi connectivity index (χ1v) is 14.9. The van der Waals surface area contributed by atoms with Gasteiger partial charge in [0.2, 0.25) is 20.0 Å². The minimum atomic E-state index is -4.11. The summed E-state index contributed by atoms with van der Waals surface area (Å²) >= 11 is 0. The fraction of sp³-hybridized carbons (Fsp3) is 0.185. The summed E-state index contributed by atoms with van der Waals surface area (Å²) in [6.07, 6.45) is 3.00. The maximum absolute atomic E-state index is 13.5. The van der Waals surface area contributed by atoms with Crippen LogP contribution in [0.4, 0.5) is 0 Å². The summed E-state index contributed by atoms with van der Waals surface area (Å²) in [5.74, 6) is -0.183. The number of benzene rings is 3. The third kappa shape index (κ3) is 6.60.